The van der Waals surface area contributed by atoms with E-state index in [1.165, 1.54) is 12.8 Å². The summed E-state index contributed by atoms with van der Waals surface area (Å²) >= 11 is 1.71. The second-order valence-corrected chi connectivity index (χ2v) is 7.84. The first-order valence-electron chi connectivity index (χ1n) is 9.01. The molecule has 0 bridgehead atoms. The van der Waals surface area contributed by atoms with Gasteiger partial charge in [-0.1, -0.05) is 0 Å². The summed E-state index contributed by atoms with van der Waals surface area (Å²) in [7, 11) is 0. The number of aliphatic carboxylic acids is 1. The Kier molecular flexibility index (Phi) is 6.58. The Bertz CT molecular complexity index is 811. The van der Waals surface area contributed by atoms with E-state index in [9.17, 15) is 18.0 Å². The van der Waals surface area contributed by atoms with Crippen LogP contribution in [0.2, 0.25) is 0 Å². The molecule has 0 unspecified atom stereocenters. The fourth-order valence-corrected chi connectivity index (χ4v) is 4.34. The lowest BCUT2D eigenvalue weighted by atomic mass is 9.92. The van der Waals surface area contributed by atoms with E-state index in [2.05, 4.69) is 9.88 Å². The average molecular weight is 431 g/mol. The van der Waals surface area contributed by atoms with Crippen LogP contribution in [0.1, 0.15) is 28.4 Å². The van der Waals surface area contributed by atoms with Gasteiger partial charge in [-0.25, -0.2) is 9.78 Å². The van der Waals surface area contributed by atoms with Gasteiger partial charge >= 0.3 is 12.1 Å². The summed E-state index contributed by atoms with van der Waals surface area (Å²) in [4.78, 5) is 30.2. The number of likely N-dealkylation sites (tertiary alicyclic amines) is 2. The van der Waals surface area contributed by atoms with Crippen LogP contribution >= 0.6 is 11.3 Å². The van der Waals surface area contributed by atoms with Gasteiger partial charge < -0.3 is 14.4 Å². The zero-order valence-corrected chi connectivity index (χ0v) is 16.2. The van der Waals surface area contributed by atoms with Crippen LogP contribution in [0.15, 0.2) is 34.4 Å². The van der Waals surface area contributed by atoms with Gasteiger partial charge in [0.15, 0.2) is 5.76 Å². The van der Waals surface area contributed by atoms with Crippen LogP contribution in [0.25, 0.3) is 0 Å². The molecular weight excluding hydrogens is 411 g/mol. The normalized spacial score (nSPS) is 22.0. The smallest absolute Gasteiger partial charge is 0.475 e. The predicted molar refractivity (Wildman–Crippen MR) is 97.3 cm³/mol. The monoisotopic (exact) mass is 431 g/mol. The quantitative estimate of drug-likeness (QED) is 0.804. The Morgan fingerprint density at radius 1 is 1.34 bits per heavy atom. The zero-order valence-electron chi connectivity index (χ0n) is 15.3. The van der Waals surface area contributed by atoms with Crippen molar-refractivity contribution in [3.8, 4) is 0 Å². The van der Waals surface area contributed by atoms with Crippen molar-refractivity contribution < 1.29 is 32.3 Å². The molecule has 4 heterocycles. The third-order valence-electron chi connectivity index (χ3n) is 4.98. The second kappa shape index (κ2) is 8.95. The number of carbonyl (C=O) groups excluding carboxylic acids is 1. The summed E-state index contributed by atoms with van der Waals surface area (Å²) in [6, 6.07) is 3.97. The number of thiazole rings is 1. The number of rotatable bonds is 3. The molecule has 2 aliphatic heterocycles. The van der Waals surface area contributed by atoms with E-state index in [4.69, 9.17) is 14.3 Å². The molecule has 158 valence electrons. The topological polar surface area (TPSA) is 86.9 Å². The van der Waals surface area contributed by atoms with Gasteiger partial charge in [0.2, 0.25) is 0 Å². The Morgan fingerprint density at radius 3 is 2.69 bits per heavy atom. The van der Waals surface area contributed by atoms with E-state index in [0.29, 0.717) is 17.7 Å². The van der Waals surface area contributed by atoms with Crippen molar-refractivity contribution in [3.05, 3.63) is 40.7 Å². The lowest BCUT2D eigenvalue weighted by Gasteiger charge is -2.36. The average Bonchev–Trinajstić information content (AvgIpc) is 3.42. The number of carbonyl (C=O) groups is 2. The molecule has 0 radical (unpaired) electrons. The molecule has 2 aliphatic rings. The standard InChI is InChI=1S/C16H19N3O2S.C2HF3O2/c20-16(14-4-2-7-21-14)19-9-12-3-1-6-18(13(12)10-19)11-15-17-5-8-22-15;3-2(4,5)1(6)7/h2,4-5,7-8,12-13H,1,3,6,9-11H2;(H,6,7)/t12-,13+;/m1./s1. The van der Waals surface area contributed by atoms with Crippen molar-refractivity contribution in [1.29, 1.82) is 0 Å². The molecule has 7 nitrogen and oxygen atoms in total. The maximum absolute atomic E-state index is 12.5. The minimum absolute atomic E-state index is 0.0219. The lowest BCUT2D eigenvalue weighted by Crippen LogP contribution is -2.44. The van der Waals surface area contributed by atoms with Gasteiger partial charge in [-0.15, -0.1) is 11.3 Å². The van der Waals surface area contributed by atoms with E-state index in [1.54, 1.807) is 29.7 Å². The highest BCUT2D eigenvalue weighted by Gasteiger charge is 2.41. The molecule has 2 fully saturated rings. The predicted octanol–water partition coefficient (Wildman–Crippen LogP) is 3.11. The van der Waals surface area contributed by atoms with Gasteiger partial charge in [0.1, 0.15) is 5.01 Å². The van der Waals surface area contributed by atoms with E-state index in [0.717, 1.165) is 31.2 Å². The number of furan rings is 1. The highest BCUT2D eigenvalue weighted by atomic mass is 32.1. The van der Waals surface area contributed by atoms with E-state index in [-0.39, 0.29) is 5.91 Å². The van der Waals surface area contributed by atoms with Gasteiger partial charge in [-0.05, 0) is 37.4 Å². The van der Waals surface area contributed by atoms with Gasteiger partial charge in [0.05, 0.1) is 12.8 Å². The molecule has 2 atom stereocenters. The summed E-state index contributed by atoms with van der Waals surface area (Å²) in [5.41, 5.74) is 0. The molecule has 2 saturated heterocycles. The molecule has 2 aromatic rings. The van der Waals surface area contributed by atoms with Crippen molar-refractivity contribution in [2.24, 2.45) is 5.92 Å². The van der Waals surface area contributed by atoms with Gasteiger partial charge in [-0.3, -0.25) is 9.69 Å². The number of fused-ring (bicyclic) bond motifs is 1. The van der Waals surface area contributed by atoms with Crippen LogP contribution in [0.3, 0.4) is 0 Å². The first kappa shape index (κ1) is 21.3. The number of piperidine rings is 1. The largest absolute Gasteiger partial charge is 0.490 e. The van der Waals surface area contributed by atoms with Crippen LogP contribution in [-0.2, 0) is 11.3 Å². The molecular formula is C18H20F3N3O4S. The number of nitrogens with zero attached hydrogens (tertiary/aromatic N) is 3. The van der Waals surface area contributed by atoms with Crippen molar-refractivity contribution >= 4 is 23.2 Å². The molecule has 0 saturated carbocycles. The van der Waals surface area contributed by atoms with Gasteiger partial charge in [-0.2, -0.15) is 13.2 Å². The molecule has 2 aromatic heterocycles. The van der Waals surface area contributed by atoms with Gasteiger partial charge in [0, 0.05) is 30.7 Å². The van der Waals surface area contributed by atoms with Crippen LogP contribution in [0.5, 0.6) is 0 Å². The molecule has 29 heavy (non-hydrogen) atoms. The Hall–Kier alpha value is -2.40. The van der Waals surface area contributed by atoms with Crippen molar-refractivity contribution in [2.75, 3.05) is 19.6 Å². The highest BCUT2D eigenvalue weighted by Crippen LogP contribution is 2.32. The molecule has 4 rings (SSSR count). The van der Waals surface area contributed by atoms with Gasteiger partial charge in [0.25, 0.3) is 5.91 Å². The molecule has 1 N–H and O–H groups in total. The summed E-state index contributed by atoms with van der Waals surface area (Å²) < 4.78 is 37.0. The van der Waals surface area contributed by atoms with E-state index in [1.807, 2.05) is 16.5 Å². The fourth-order valence-electron chi connectivity index (χ4n) is 3.70. The van der Waals surface area contributed by atoms with Crippen LogP contribution < -0.4 is 0 Å². The summed E-state index contributed by atoms with van der Waals surface area (Å²) in [6.07, 6.45) is 0.754. The minimum Gasteiger partial charge on any atom is -0.475 e. The summed E-state index contributed by atoms with van der Waals surface area (Å²) in [5, 5.41) is 10.3. The molecule has 1 amide bonds. The number of carboxylic acids is 1. The number of hydrogen-bond donors (Lipinski definition) is 1. The first-order valence-corrected chi connectivity index (χ1v) is 9.89. The highest BCUT2D eigenvalue weighted by molar-refractivity contribution is 7.09. The Morgan fingerprint density at radius 2 is 2.10 bits per heavy atom. The van der Waals surface area contributed by atoms with Crippen LogP contribution in [0, 0.1) is 5.92 Å². The summed E-state index contributed by atoms with van der Waals surface area (Å²) in [5.74, 6) is -1.71. The third kappa shape index (κ3) is 5.36. The van der Waals surface area contributed by atoms with E-state index >= 15 is 0 Å². The van der Waals surface area contributed by atoms with Crippen LogP contribution in [0.4, 0.5) is 13.2 Å². The van der Waals surface area contributed by atoms with Crippen molar-refractivity contribution in [3.63, 3.8) is 0 Å². The number of hydrogen-bond acceptors (Lipinski definition) is 6. The minimum atomic E-state index is -5.08. The Labute approximate surface area is 168 Å². The molecule has 11 heteroatoms. The van der Waals surface area contributed by atoms with E-state index < -0.39 is 12.1 Å². The van der Waals surface area contributed by atoms with Crippen molar-refractivity contribution in [2.45, 2.75) is 31.6 Å². The molecule has 0 spiro atoms. The Balaban J connectivity index is 0.000000298. The lowest BCUT2D eigenvalue weighted by molar-refractivity contribution is -0.192. The SMILES string of the molecule is O=C(O)C(F)(F)F.O=C(c1ccco1)N1C[C@H]2CCCN(Cc3nccs3)[C@H]2C1. The first-order chi connectivity index (χ1) is 13.8. The number of aromatic nitrogens is 1. The van der Waals surface area contributed by atoms with Crippen LogP contribution in [-0.4, -0.2) is 63.6 Å². The number of carboxylic acid groups (broad SMARTS) is 1. The third-order valence-corrected chi connectivity index (χ3v) is 5.74. The maximum atomic E-state index is 12.5. The number of amides is 1. The molecule has 0 aliphatic carbocycles. The molecule has 0 aromatic carbocycles. The second-order valence-electron chi connectivity index (χ2n) is 6.86. The zero-order chi connectivity index (χ0) is 21.0. The van der Waals surface area contributed by atoms with Crippen molar-refractivity contribution in [1.82, 2.24) is 14.8 Å². The summed E-state index contributed by atoms with van der Waals surface area (Å²) in [6.45, 7) is 3.65. The maximum Gasteiger partial charge on any atom is 0.490 e. The fraction of sp³-hybridized carbons (Fsp3) is 0.500. The number of halogens is 3. The number of alkyl halides is 3.